The molecule has 1 aromatic carbocycles. The molecular weight excluding hydrogens is 326 g/mol. The number of para-hydroxylation sites is 2. The molecular formula is C16H15N5O4. The normalized spacial score (nSPS) is 10.4. The van der Waals surface area contributed by atoms with Crippen LogP contribution in [0.15, 0.2) is 47.1 Å². The Labute approximate surface area is 141 Å². The topological polar surface area (TPSA) is 129 Å². The van der Waals surface area contributed by atoms with Crippen molar-refractivity contribution in [3.63, 3.8) is 0 Å². The van der Waals surface area contributed by atoms with E-state index in [1.807, 2.05) is 24.3 Å². The third-order valence-electron chi connectivity index (χ3n) is 3.26. The number of aromatic nitrogens is 2. The van der Waals surface area contributed by atoms with Crippen molar-refractivity contribution in [3.05, 3.63) is 54.2 Å². The third-order valence-corrected chi connectivity index (χ3v) is 3.26. The van der Waals surface area contributed by atoms with E-state index in [1.54, 1.807) is 6.07 Å². The molecule has 0 aliphatic carbocycles. The number of amides is 3. The Kier molecular flexibility index (Phi) is 4.74. The van der Waals surface area contributed by atoms with Crippen molar-refractivity contribution in [1.29, 1.82) is 0 Å². The van der Waals surface area contributed by atoms with E-state index in [9.17, 15) is 14.4 Å². The Morgan fingerprint density at radius 1 is 1.04 bits per heavy atom. The molecule has 128 valence electrons. The minimum absolute atomic E-state index is 0.0201. The molecule has 2 aromatic heterocycles. The van der Waals surface area contributed by atoms with Crippen molar-refractivity contribution in [2.24, 2.45) is 0 Å². The average Bonchev–Trinajstić information content (AvgIpc) is 3.26. The van der Waals surface area contributed by atoms with Crippen molar-refractivity contribution in [1.82, 2.24) is 26.1 Å². The number of hydrazine groups is 1. The van der Waals surface area contributed by atoms with Gasteiger partial charge in [0.25, 0.3) is 11.8 Å². The Bertz CT molecular complexity index is 867. The fourth-order valence-electron chi connectivity index (χ4n) is 2.12. The van der Waals surface area contributed by atoms with Gasteiger partial charge in [0.2, 0.25) is 5.91 Å². The van der Waals surface area contributed by atoms with E-state index in [0.29, 0.717) is 5.82 Å². The lowest BCUT2D eigenvalue weighted by Gasteiger charge is -2.07. The molecule has 0 spiro atoms. The Balaban J connectivity index is 1.42. The summed E-state index contributed by atoms with van der Waals surface area (Å²) in [6.07, 6.45) is 1.33. The predicted octanol–water partition coefficient (Wildman–Crippen LogP) is 0.276. The highest BCUT2D eigenvalue weighted by molar-refractivity contribution is 5.94. The van der Waals surface area contributed by atoms with Crippen molar-refractivity contribution < 1.29 is 18.8 Å². The van der Waals surface area contributed by atoms with Crippen LogP contribution in [0.4, 0.5) is 0 Å². The van der Waals surface area contributed by atoms with Crippen molar-refractivity contribution in [2.45, 2.75) is 6.42 Å². The Hall–Kier alpha value is -3.62. The van der Waals surface area contributed by atoms with Crippen LogP contribution in [0.1, 0.15) is 16.4 Å². The third kappa shape index (κ3) is 4.22. The van der Waals surface area contributed by atoms with Crippen molar-refractivity contribution in [3.8, 4) is 0 Å². The Morgan fingerprint density at radius 3 is 2.60 bits per heavy atom. The first kappa shape index (κ1) is 16.2. The van der Waals surface area contributed by atoms with Gasteiger partial charge in [0.15, 0.2) is 5.76 Å². The molecule has 25 heavy (non-hydrogen) atoms. The van der Waals surface area contributed by atoms with E-state index in [2.05, 4.69) is 26.1 Å². The molecule has 0 saturated carbocycles. The second kappa shape index (κ2) is 7.30. The maximum atomic E-state index is 11.8. The molecule has 0 aliphatic rings. The van der Waals surface area contributed by atoms with E-state index < -0.39 is 17.7 Å². The molecule has 0 atom stereocenters. The summed E-state index contributed by atoms with van der Waals surface area (Å²) in [5, 5.41) is 2.36. The number of carbonyl (C=O) groups excluding carboxylic acids is 3. The van der Waals surface area contributed by atoms with Gasteiger partial charge >= 0.3 is 0 Å². The van der Waals surface area contributed by atoms with Gasteiger partial charge in [0.1, 0.15) is 5.82 Å². The summed E-state index contributed by atoms with van der Waals surface area (Å²) in [4.78, 5) is 42.3. The van der Waals surface area contributed by atoms with Gasteiger partial charge in [0, 0.05) is 0 Å². The number of hydrogen-bond acceptors (Lipinski definition) is 5. The first-order valence-corrected chi connectivity index (χ1v) is 7.45. The fraction of sp³-hybridized carbons (Fsp3) is 0.125. The minimum Gasteiger partial charge on any atom is -0.459 e. The van der Waals surface area contributed by atoms with Crippen LogP contribution in [0.2, 0.25) is 0 Å². The summed E-state index contributed by atoms with van der Waals surface area (Å²) in [5.74, 6) is -0.947. The minimum atomic E-state index is -0.571. The van der Waals surface area contributed by atoms with Gasteiger partial charge in [-0.3, -0.25) is 25.2 Å². The van der Waals surface area contributed by atoms with E-state index in [1.165, 1.54) is 12.3 Å². The standard InChI is InChI=1S/C16H15N5O4/c22-14(8-13-18-10-4-1-2-5-11(10)19-13)20-21-15(23)9-17-16(24)12-6-3-7-25-12/h1-7H,8-9H2,(H,17,24)(H,18,19)(H,20,22)(H,21,23). The van der Waals surface area contributed by atoms with Crippen molar-refractivity contribution in [2.75, 3.05) is 6.54 Å². The van der Waals surface area contributed by atoms with Gasteiger partial charge in [-0.15, -0.1) is 0 Å². The zero-order chi connectivity index (χ0) is 17.6. The number of benzene rings is 1. The number of nitrogens with zero attached hydrogens (tertiary/aromatic N) is 1. The lowest BCUT2D eigenvalue weighted by Crippen LogP contribution is -2.46. The van der Waals surface area contributed by atoms with E-state index in [-0.39, 0.29) is 18.7 Å². The van der Waals surface area contributed by atoms with Crippen LogP contribution in [0.25, 0.3) is 11.0 Å². The monoisotopic (exact) mass is 341 g/mol. The van der Waals surface area contributed by atoms with Gasteiger partial charge in [-0.1, -0.05) is 12.1 Å². The number of aromatic amines is 1. The predicted molar refractivity (Wildman–Crippen MR) is 87.1 cm³/mol. The maximum Gasteiger partial charge on any atom is 0.287 e. The number of H-pyrrole nitrogens is 1. The number of imidazole rings is 1. The molecule has 0 radical (unpaired) electrons. The molecule has 3 amide bonds. The maximum absolute atomic E-state index is 11.8. The van der Waals surface area contributed by atoms with E-state index >= 15 is 0 Å². The first-order chi connectivity index (χ1) is 12.1. The molecule has 0 aliphatic heterocycles. The summed E-state index contributed by atoms with van der Waals surface area (Å²) >= 11 is 0. The molecule has 9 heteroatoms. The van der Waals surface area contributed by atoms with E-state index in [4.69, 9.17) is 4.42 Å². The number of furan rings is 1. The van der Waals surface area contributed by atoms with Crippen LogP contribution in [0.3, 0.4) is 0 Å². The molecule has 9 nitrogen and oxygen atoms in total. The SMILES string of the molecule is O=C(CNC(=O)c1ccco1)NNC(=O)Cc1nc2ccccc2[nH]1. The number of hydrogen-bond donors (Lipinski definition) is 4. The number of fused-ring (bicyclic) bond motifs is 1. The molecule has 4 N–H and O–H groups in total. The first-order valence-electron chi connectivity index (χ1n) is 7.45. The zero-order valence-electron chi connectivity index (χ0n) is 13.0. The molecule has 0 saturated heterocycles. The molecule has 0 unspecified atom stereocenters. The average molecular weight is 341 g/mol. The van der Waals surface area contributed by atoms with Gasteiger partial charge in [-0.25, -0.2) is 4.98 Å². The molecule has 0 fully saturated rings. The quantitative estimate of drug-likeness (QED) is 0.495. The molecule has 2 heterocycles. The number of nitrogens with one attached hydrogen (secondary N) is 4. The highest BCUT2D eigenvalue weighted by Crippen LogP contribution is 2.10. The second-order valence-electron chi connectivity index (χ2n) is 5.13. The highest BCUT2D eigenvalue weighted by atomic mass is 16.3. The van der Waals surface area contributed by atoms with Crippen LogP contribution in [-0.2, 0) is 16.0 Å². The van der Waals surface area contributed by atoms with Crippen LogP contribution in [0, 0.1) is 0 Å². The highest BCUT2D eigenvalue weighted by Gasteiger charge is 2.12. The van der Waals surface area contributed by atoms with Gasteiger partial charge in [-0.2, -0.15) is 0 Å². The molecule has 3 rings (SSSR count). The molecule has 0 bridgehead atoms. The smallest absolute Gasteiger partial charge is 0.287 e. The van der Waals surface area contributed by atoms with Crippen molar-refractivity contribution >= 4 is 28.8 Å². The van der Waals surface area contributed by atoms with E-state index in [0.717, 1.165) is 11.0 Å². The lowest BCUT2D eigenvalue weighted by molar-refractivity contribution is -0.128. The Morgan fingerprint density at radius 2 is 1.84 bits per heavy atom. The summed E-state index contributed by atoms with van der Waals surface area (Å²) in [6.45, 7) is -0.301. The second-order valence-corrected chi connectivity index (χ2v) is 5.13. The lowest BCUT2D eigenvalue weighted by atomic mass is 10.3. The summed E-state index contributed by atoms with van der Waals surface area (Å²) in [5.41, 5.74) is 6.06. The summed E-state index contributed by atoms with van der Waals surface area (Å²) < 4.78 is 4.89. The van der Waals surface area contributed by atoms with Gasteiger partial charge in [-0.05, 0) is 24.3 Å². The number of carbonyl (C=O) groups is 3. The van der Waals surface area contributed by atoms with Gasteiger partial charge in [0.05, 0.1) is 30.3 Å². The number of rotatable bonds is 5. The van der Waals surface area contributed by atoms with Crippen LogP contribution >= 0.6 is 0 Å². The summed E-state index contributed by atoms with van der Waals surface area (Å²) in [6, 6.07) is 10.4. The fourth-order valence-corrected chi connectivity index (χ4v) is 2.12. The summed E-state index contributed by atoms with van der Waals surface area (Å²) in [7, 11) is 0. The van der Waals surface area contributed by atoms with Crippen LogP contribution < -0.4 is 16.2 Å². The largest absolute Gasteiger partial charge is 0.459 e. The zero-order valence-corrected chi connectivity index (χ0v) is 13.0. The van der Waals surface area contributed by atoms with Gasteiger partial charge < -0.3 is 14.7 Å². The van der Waals surface area contributed by atoms with Crippen LogP contribution in [-0.4, -0.2) is 34.2 Å². The molecule has 3 aromatic rings. The van der Waals surface area contributed by atoms with Crippen LogP contribution in [0.5, 0.6) is 0 Å².